The van der Waals surface area contributed by atoms with E-state index in [0.717, 1.165) is 34.2 Å². The van der Waals surface area contributed by atoms with Crippen molar-refractivity contribution < 1.29 is 19.0 Å². The molecular formula is C21H22N2O4S2. The summed E-state index contributed by atoms with van der Waals surface area (Å²) in [5.74, 6) is 1.33. The lowest BCUT2D eigenvalue weighted by atomic mass is 9.85. The number of hydrogen-bond donors (Lipinski definition) is 1. The second-order valence-electron chi connectivity index (χ2n) is 6.88. The van der Waals surface area contributed by atoms with Crippen LogP contribution in [0.2, 0.25) is 0 Å². The van der Waals surface area contributed by atoms with Gasteiger partial charge < -0.3 is 19.5 Å². The van der Waals surface area contributed by atoms with Crippen LogP contribution in [0, 0.1) is 21.1 Å². The van der Waals surface area contributed by atoms with Crippen molar-refractivity contribution in [2.45, 2.75) is 26.2 Å². The molecule has 6 nitrogen and oxygen atoms in total. The third kappa shape index (κ3) is 4.07. The summed E-state index contributed by atoms with van der Waals surface area (Å²) in [6, 6.07) is 5.41. The summed E-state index contributed by atoms with van der Waals surface area (Å²) in [5.41, 5.74) is 2.87. The summed E-state index contributed by atoms with van der Waals surface area (Å²) in [5, 5.41) is 13.1. The van der Waals surface area contributed by atoms with Crippen molar-refractivity contribution in [2.24, 2.45) is 5.92 Å². The minimum Gasteiger partial charge on any atom is -0.493 e. The fourth-order valence-electron chi connectivity index (χ4n) is 3.53. The Hall–Kier alpha value is -2.63. The van der Waals surface area contributed by atoms with Gasteiger partial charge in [-0.2, -0.15) is 5.26 Å². The predicted octanol–water partition coefficient (Wildman–Crippen LogP) is 4.75. The van der Waals surface area contributed by atoms with E-state index in [4.69, 9.17) is 26.4 Å². The number of nitrogens with zero attached hydrogens (tertiary/aromatic N) is 1. The molecule has 1 atom stereocenters. The molecule has 0 saturated carbocycles. The Kier molecular flexibility index (Phi) is 6.40. The summed E-state index contributed by atoms with van der Waals surface area (Å²) in [7, 11) is 4.48. The molecule has 0 aliphatic heterocycles. The first-order chi connectivity index (χ1) is 13.9. The van der Waals surface area contributed by atoms with Gasteiger partial charge in [0.05, 0.1) is 30.7 Å². The van der Waals surface area contributed by atoms with Crippen molar-refractivity contribution in [1.82, 2.24) is 0 Å². The number of amides is 1. The van der Waals surface area contributed by atoms with Gasteiger partial charge in [-0.25, -0.2) is 0 Å². The van der Waals surface area contributed by atoms with Crippen LogP contribution in [0.3, 0.4) is 0 Å². The topological polar surface area (TPSA) is 80.6 Å². The lowest BCUT2D eigenvalue weighted by Gasteiger charge is -2.23. The largest absolute Gasteiger partial charge is 0.493 e. The van der Waals surface area contributed by atoms with Crippen molar-refractivity contribution in [3.8, 4) is 23.3 Å². The summed E-state index contributed by atoms with van der Waals surface area (Å²) in [4.78, 5) is 12.9. The Labute approximate surface area is 179 Å². The average Bonchev–Trinajstić information content (AvgIpc) is 2.73. The molecule has 0 spiro atoms. The standard InChI is InChI=1S/C21H22N2O4S2/c1-11-5-6-13-14(7-11)21(28)29-20(15(13)10-22)23-19(24)12-8-16(25-2)18(27-4)17(9-12)26-3/h8-9,11H,5-7H2,1-4H3,(H,23,24). The molecular weight excluding hydrogens is 408 g/mol. The minimum absolute atomic E-state index is 0.327. The third-order valence-corrected chi connectivity index (χ3v) is 6.48. The van der Waals surface area contributed by atoms with Gasteiger partial charge in [0.2, 0.25) is 5.75 Å². The molecule has 1 aromatic carbocycles. The predicted molar refractivity (Wildman–Crippen MR) is 115 cm³/mol. The van der Waals surface area contributed by atoms with E-state index in [0.29, 0.717) is 39.3 Å². The van der Waals surface area contributed by atoms with Crippen LogP contribution in [0.25, 0.3) is 0 Å². The molecule has 2 aromatic rings. The Morgan fingerprint density at radius 3 is 2.41 bits per heavy atom. The zero-order valence-electron chi connectivity index (χ0n) is 16.8. The van der Waals surface area contributed by atoms with Crippen LogP contribution in [0.4, 0.5) is 5.00 Å². The number of rotatable bonds is 5. The van der Waals surface area contributed by atoms with Gasteiger partial charge in [-0.3, -0.25) is 4.79 Å². The van der Waals surface area contributed by atoms with E-state index >= 15 is 0 Å². The van der Waals surface area contributed by atoms with Gasteiger partial charge in [0.15, 0.2) is 11.5 Å². The molecule has 0 saturated heterocycles. The van der Waals surface area contributed by atoms with Crippen molar-refractivity contribution in [1.29, 1.82) is 5.26 Å². The quantitative estimate of drug-likeness (QED) is 0.690. The van der Waals surface area contributed by atoms with E-state index in [1.165, 1.54) is 32.7 Å². The number of carbonyl (C=O) groups excluding carboxylic acids is 1. The van der Waals surface area contributed by atoms with Crippen molar-refractivity contribution >= 4 is 34.5 Å². The molecule has 1 amide bonds. The molecule has 152 valence electrons. The maximum atomic E-state index is 12.9. The number of hydrogen-bond acceptors (Lipinski definition) is 7. The van der Waals surface area contributed by atoms with Crippen LogP contribution in [0.5, 0.6) is 17.2 Å². The maximum Gasteiger partial charge on any atom is 0.256 e. The lowest BCUT2D eigenvalue weighted by molar-refractivity contribution is 0.102. The molecule has 1 unspecified atom stereocenters. The van der Waals surface area contributed by atoms with Gasteiger partial charge in [0.25, 0.3) is 5.91 Å². The lowest BCUT2D eigenvalue weighted by Crippen LogP contribution is -2.17. The highest BCUT2D eigenvalue weighted by molar-refractivity contribution is 7.73. The summed E-state index contributed by atoms with van der Waals surface area (Å²) in [6.07, 6.45) is 2.68. The molecule has 1 N–H and O–H groups in total. The number of ether oxygens (including phenoxy) is 3. The monoisotopic (exact) mass is 430 g/mol. The van der Waals surface area contributed by atoms with Crippen LogP contribution in [-0.4, -0.2) is 27.2 Å². The molecule has 0 radical (unpaired) electrons. The van der Waals surface area contributed by atoms with Crippen LogP contribution in [0.1, 0.15) is 40.4 Å². The van der Waals surface area contributed by atoms with Crippen LogP contribution >= 0.6 is 23.6 Å². The number of benzene rings is 1. The average molecular weight is 431 g/mol. The highest BCUT2D eigenvalue weighted by Crippen LogP contribution is 2.39. The molecule has 0 fully saturated rings. The Morgan fingerprint density at radius 1 is 1.21 bits per heavy atom. The molecule has 1 aromatic heterocycles. The van der Waals surface area contributed by atoms with Gasteiger partial charge in [-0.05, 0) is 48.4 Å². The Bertz CT molecular complexity index is 1030. The van der Waals surface area contributed by atoms with Gasteiger partial charge in [0, 0.05) is 5.56 Å². The van der Waals surface area contributed by atoms with E-state index in [1.54, 1.807) is 12.1 Å². The highest BCUT2D eigenvalue weighted by Gasteiger charge is 2.24. The van der Waals surface area contributed by atoms with Crippen LogP contribution in [0.15, 0.2) is 12.1 Å². The fraction of sp³-hybridized carbons (Fsp3) is 0.381. The number of anilines is 1. The Balaban J connectivity index is 2.01. The molecule has 3 rings (SSSR count). The SMILES string of the molecule is COc1cc(C(=O)Nc2sc(=S)c3c(c2C#N)CCC(C)C3)cc(OC)c1OC. The number of nitrogens with one attached hydrogen (secondary N) is 1. The molecule has 0 bridgehead atoms. The summed E-state index contributed by atoms with van der Waals surface area (Å²) < 4.78 is 16.7. The third-order valence-electron chi connectivity index (χ3n) is 5.04. The smallest absolute Gasteiger partial charge is 0.256 e. The Morgan fingerprint density at radius 2 is 1.86 bits per heavy atom. The minimum atomic E-state index is -0.379. The van der Waals surface area contributed by atoms with E-state index in [9.17, 15) is 10.1 Å². The van der Waals surface area contributed by atoms with Gasteiger partial charge in [-0.15, -0.1) is 11.3 Å². The van der Waals surface area contributed by atoms with E-state index in [-0.39, 0.29) is 5.91 Å². The van der Waals surface area contributed by atoms with E-state index < -0.39 is 0 Å². The van der Waals surface area contributed by atoms with Gasteiger partial charge in [0.1, 0.15) is 11.1 Å². The first-order valence-corrected chi connectivity index (χ1v) is 10.4. The van der Waals surface area contributed by atoms with E-state index in [2.05, 4.69) is 18.3 Å². The molecule has 1 aliphatic rings. The highest BCUT2D eigenvalue weighted by atomic mass is 32.1. The van der Waals surface area contributed by atoms with Crippen LogP contribution in [-0.2, 0) is 12.8 Å². The van der Waals surface area contributed by atoms with E-state index in [1.807, 2.05) is 0 Å². The molecule has 8 heteroatoms. The molecule has 29 heavy (non-hydrogen) atoms. The van der Waals surface area contributed by atoms with Crippen molar-refractivity contribution in [3.05, 3.63) is 38.2 Å². The zero-order chi connectivity index (χ0) is 21.1. The molecule has 1 heterocycles. The number of carbonyl (C=O) groups is 1. The second kappa shape index (κ2) is 8.80. The number of nitriles is 1. The van der Waals surface area contributed by atoms with Crippen molar-refractivity contribution in [2.75, 3.05) is 26.6 Å². The van der Waals surface area contributed by atoms with Crippen molar-refractivity contribution in [3.63, 3.8) is 0 Å². The van der Waals surface area contributed by atoms with Crippen LogP contribution < -0.4 is 19.5 Å². The number of fused-ring (bicyclic) bond motifs is 1. The normalized spacial score (nSPS) is 15.1. The van der Waals surface area contributed by atoms with Gasteiger partial charge >= 0.3 is 0 Å². The maximum absolute atomic E-state index is 12.9. The first-order valence-electron chi connectivity index (χ1n) is 9.13. The zero-order valence-corrected chi connectivity index (χ0v) is 18.4. The first kappa shape index (κ1) is 21.1. The second-order valence-corrected chi connectivity index (χ2v) is 8.57. The number of methoxy groups -OCH3 is 3. The molecule has 1 aliphatic carbocycles. The van der Waals surface area contributed by atoms with Gasteiger partial charge in [-0.1, -0.05) is 19.1 Å². The summed E-state index contributed by atoms with van der Waals surface area (Å²) >= 11 is 6.84. The fourth-order valence-corrected chi connectivity index (χ4v) is 4.92. The summed E-state index contributed by atoms with van der Waals surface area (Å²) in [6.45, 7) is 2.19.